The second-order valence-corrected chi connectivity index (χ2v) is 4.91. The van der Waals surface area contributed by atoms with Crippen molar-refractivity contribution in [2.45, 2.75) is 46.1 Å². The summed E-state index contributed by atoms with van der Waals surface area (Å²) in [6.07, 6.45) is 3.21. The molecule has 5 heteroatoms. The van der Waals surface area contributed by atoms with Crippen molar-refractivity contribution in [3.05, 3.63) is 5.82 Å². The highest BCUT2D eigenvalue weighted by atomic mass is 15.3. The van der Waals surface area contributed by atoms with E-state index in [4.69, 9.17) is 5.73 Å². The molecule has 0 aromatic carbocycles. The number of nitrogen functional groups attached to an aromatic ring is 1. The lowest BCUT2D eigenvalue weighted by molar-refractivity contribution is 0.486. The van der Waals surface area contributed by atoms with Gasteiger partial charge in [0.2, 0.25) is 11.9 Å². The Morgan fingerprint density at radius 1 is 1.35 bits per heavy atom. The first kappa shape index (κ1) is 12.1. The van der Waals surface area contributed by atoms with Gasteiger partial charge < -0.3 is 10.6 Å². The van der Waals surface area contributed by atoms with Crippen LogP contribution in [0, 0.1) is 5.92 Å². The summed E-state index contributed by atoms with van der Waals surface area (Å²) in [4.78, 5) is 15.2. The fraction of sp³-hybridized carbons (Fsp3) is 0.750. The van der Waals surface area contributed by atoms with E-state index < -0.39 is 0 Å². The first-order chi connectivity index (χ1) is 8.11. The zero-order valence-electron chi connectivity index (χ0n) is 10.8. The zero-order valence-corrected chi connectivity index (χ0v) is 10.8. The number of anilines is 2. The van der Waals surface area contributed by atoms with Crippen molar-refractivity contribution in [2.24, 2.45) is 5.92 Å². The van der Waals surface area contributed by atoms with Crippen LogP contribution in [0.4, 0.5) is 11.9 Å². The summed E-state index contributed by atoms with van der Waals surface area (Å²) in [7, 11) is 0. The van der Waals surface area contributed by atoms with Crippen molar-refractivity contribution in [3.63, 3.8) is 0 Å². The maximum absolute atomic E-state index is 5.74. The van der Waals surface area contributed by atoms with Crippen LogP contribution >= 0.6 is 0 Å². The predicted molar refractivity (Wildman–Crippen MR) is 68.8 cm³/mol. The second-order valence-electron chi connectivity index (χ2n) is 4.91. The van der Waals surface area contributed by atoms with Crippen LogP contribution in [0.25, 0.3) is 0 Å². The van der Waals surface area contributed by atoms with Crippen molar-refractivity contribution < 1.29 is 0 Å². The quantitative estimate of drug-likeness (QED) is 0.862. The molecule has 5 nitrogen and oxygen atoms in total. The molecule has 0 amide bonds. The SMILES string of the molecule is CCc1nc(N)nc(N2CCCC2C(C)C)n1. The molecule has 1 fully saturated rings. The van der Waals surface area contributed by atoms with Gasteiger partial charge >= 0.3 is 0 Å². The molecule has 0 radical (unpaired) electrons. The number of nitrogens with zero attached hydrogens (tertiary/aromatic N) is 4. The minimum atomic E-state index is 0.334. The van der Waals surface area contributed by atoms with Crippen molar-refractivity contribution in [2.75, 3.05) is 17.2 Å². The Kier molecular flexibility index (Phi) is 3.45. The molecule has 2 rings (SSSR count). The van der Waals surface area contributed by atoms with Crippen LogP contribution in [0.1, 0.15) is 39.4 Å². The van der Waals surface area contributed by atoms with Gasteiger partial charge in [-0.3, -0.25) is 0 Å². The fourth-order valence-electron chi connectivity index (χ4n) is 2.45. The Balaban J connectivity index is 2.29. The second kappa shape index (κ2) is 4.85. The summed E-state index contributed by atoms with van der Waals surface area (Å²) >= 11 is 0. The monoisotopic (exact) mass is 235 g/mol. The van der Waals surface area contributed by atoms with Crippen LogP contribution in [0.2, 0.25) is 0 Å². The van der Waals surface area contributed by atoms with Crippen LogP contribution in [0.15, 0.2) is 0 Å². The smallest absolute Gasteiger partial charge is 0.230 e. The van der Waals surface area contributed by atoms with Gasteiger partial charge in [0.1, 0.15) is 5.82 Å². The van der Waals surface area contributed by atoms with Crippen molar-refractivity contribution in [1.82, 2.24) is 15.0 Å². The minimum Gasteiger partial charge on any atom is -0.368 e. The molecule has 0 bridgehead atoms. The molecule has 0 aliphatic carbocycles. The number of nitrogens with two attached hydrogens (primary N) is 1. The van der Waals surface area contributed by atoms with E-state index in [1.165, 1.54) is 12.8 Å². The molecule has 1 aliphatic heterocycles. The molecule has 1 saturated heterocycles. The molecule has 94 valence electrons. The molecule has 2 heterocycles. The Hall–Kier alpha value is -1.39. The summed E-state index contributed by atoms with van der Waals surface area (Å²) in [6.45, 7) is 7.54. The molecular formula is C12H21N5. The average molecular weight is 235 g/mol. The van der Waals surface area contributed by atoms with E-state index in [-0.39, 0.29) is 0 Å². The summed E-state index contributed by atoms with van der Waals surface area (Å²) in [5.74, 6) is 2.48. The summed E-state index contributed by atoms with van der Waals surface area (Å²) in [5.41, 5.74) is 5.74. The topological polar surface area (TPSA) is 67.9 Å². The molecule has 1 aromatic heterocycles. The molecular weight excluding hydrogens is 214 g/mol. The van der Waals surface area contributed by atoms with Gasteiger partial charge in [-0.15, -0.1) is 0 Å². The lowest BCUT2D eigenvalue weighted by Crippen LogP contribution is -2.35. The average Bonchev–Trinajstić information content (AvgIpc) is 2.77. The fourth-order valence-corrected chi connectivity index (χ4v) is 2.45. The third-order valence-electron chi connectivity index (χ3n) is 3.33. The van der Waals surface area contributed by atoms with Crippen LogP contribution in [-0.4, -0.2) is 27.5 Å². The highest BCUT2D eigenvalue weighted by molar-refractivity contribution is 5.37. The number of hydrogen-bond acceptors (Lipinski definition) is 5. The third-order valence-corrected chi connectivity index (χ3v) is 3.33. The predicted octanol–water partition coefficient (Wildman–Crippen LogP) is 1.64. The first-order valence-electron chi connectivity index (χ1n) is 6.39. The van der Waals surface area contributed by atoms with Gasteiger partial charge in [-0.25, -0.2) is 0 Å². The number of aromatic nitrogens is 3. The highest BCUT2D eigenvalue weighted by Crippen LogP contribution is 2.27. The highest BCUT2D eigenvalue weighted by Gasteiger charge is 2.29. The Labute approximate surface area is 102 Å². The zero-order chi connectivity index (χ0) is 12.4. The normalized spacial score (nSPS) is 20.2. The van der Waals surface area contributed by atoms with E-state index in [1.54, 1.807) is 0 Å². The minimum absolute atomic E-state index is 0.334. The van der Waals surface area contributed by atoms with Crippen LogP contribution in [0.5, 0.6) is 0 Å². The van der Waals surface area contributed by atoms with Crippen LogP contribution < -0.4 is 10.6 Å². The van der Waals surface area contributed by atoms with Gasteiger partial charge in [-0.05, 0) is 18.8 Å². The van der Waals surface area contributed by atoms with Crippen LogP contribution in [-0.2, 0) is 6.42 Å². The number of aryl methyl sites for hydroxylation is 1. The van der Waals surface area contributed by atoms with Crippen molar-refractivity contribution in [3.8, 4) is 0 Å². The van der Waals surface area contributed by atoms with Gasteiger partial charge in [-0.1, -0.05) is 20.8 Å². The molecule has 1 unspecified atom stereocenters. The maximum atomic E-state index is 5.74. The van der Waals surface area contributed by atoms with Gasteiger partial charge in [0.05, 0.1) is 0 Å². The van der Waals surface area contributed by atoms with E-state index in [1.807, 2.05) is 6.92 Å². The molecule has 0 spiro atoms. The summed E-state index contributed by atoms with van der Waals surface area (Å²) in [6, 6.07) is 0.529. The van der Waals surface area contributed by atoms with E-state index in [2.05, 4.69) is 33.7 Å². The Morgan fingerprint density at radius 3 is 2.76 bits per heavy atom. The van der Waals surface area contributed by atoms with E-state index in [0.29, 0.717) is 17.9 Å². The van der Waals surface area contributed by atoms with Gasteiger partial charge in [-0.2, -0.15) is 15.0 Å². The van der Waals surface area contributed by atoms with Gasteiger partial charge in [0.15, 0.2) is 0 Å². The molecule has 1 atom stereocenters. The Morgan fingerprint density at radius 2 is 2.12 bits per heavy atom. The lowest BCUT2D eigenvalue weighted by Gasteiger charge is -2.27. The molecule has 2 N–H and O–H groups in total. The van der Waals surface area contributed by atoms with Crippen LogP contribution in [0.3, 0.4) is 0 Å². The van der Waals surface area contributed by atoms with E-state index in [9.17, 15) is 0 Å². The standard InChI is InChI=1S/C12H21N5/c1-4-10-14-11(13)16-12(15-10)17-7-5-6-9(17)8(2)3/h8-9H,4-7H2,1-3H3,(H2,13,14,15,16). The molecule has 17 heavy (non-hydrogen) atoms. The molecule has 1 aliphatic rings. The molecule has 0 saturated carbocycles. The van der Waals surface area contributed by atoms with Crippen molar-refractivity contribution in [1.29, 1.82) is 0 Å². The van der Waals surface area contributed by atoms with Crippen molar-refractivity contribution >= 4 is 11.9 Å². The molecule has 1 aromatic rings. The first-order valence-corrected chi connectivity index (χ1v) is 6.39. The summed E-state index contributed by atoms with van der Waals surface area (Å²) in [5, 5.41) is 0. The van der Waals surface area contributed by atoms with Gasteiger partial charge in [0, 0.05) is 19.0 Å². The van der Waals surface area contributed by atoms with E-state index in [0.717, 1.165) is 24.7 Å². The number of hydrogen-bond donors (Lipinski definition) is 1. The lowest BCUT2D eigenvalue weighted by atomic mass is 10.0. The third kappa shape index (κ3) is 2.48. The van der Waals surface area contributed by atoms with E-state index >= 15 is 0 Å². The summed E-state index contributed by atoms with van der Waals surface area (Å²) < 4.78 is 0. The van der Waals surface area contributed by atoms with Gasteiger partial charge in [0.25, 0.3) is 0 Å². The maximum Gasteiger partial charge on any atom is 0.230 e. The number of rotatable bonds is 3. The largest absolute Gasteiger partial charge is 0.368 e. The Bertz CT molecular complexity index is 390.